The van der Waals surface area contributed by atoms with Gasteiger partial charge in [0.1, 0.15) is 5.75 Å². The Morgan fingerprint density at radius 3 is 2.52 bits per heavy atom. The number of rotatable bonds is 6. The molecule has 0 saturated heterocycles. The number of imide groups is 1. The van der Waals surface area contributed by atoms with Gasteiger partial charge in [0.2, 0.25) is 0 Å². The van der Waals surface area contributed by atoms with Crippen LogP contribution in [0.3, 0.4) is 0 Å². The van der Waals surface area contributed by atoms with E-state index in [-0.39, 0.29) is 17.4 Å². The summed E-state index contributed by atoms with van der Waals surface area (Å²) in [6.07, 6.45) is 0.717. The van der Waals surface area contributed by atoms with Crippen molar-refractivity contribution in [2.45, 2.75) is 26.3 Å². The number of nitrogens with one attached hydrogen (secondary N) is 2. The molecular formula is C23H23N3O5. The molecule has 0 aliphatic heterocycles. The number of benzene rings is 2. The average molecular weight is 421 g/mol. The summed E-state index contributed by atoms with van der Waals surface area (Å²) in [7, 11) is 0. The van der Waals surface area contributed by atoms with Gasteiger partial charge < -0.3 is 15.2 Å². The summed E-state index contributed by atoms with van der Waals surface area (Å²) in [6, 6.07) is 14.3. The van der Waals surface area contributed by atoms with E-state index in [1.54, 1.807) is 42.5 Å². The molecule has 8 nitrogen and oxygen atoms in total. The monoisotopic (exact) mass is 421 g/mol. The summed E-state index contributed by atoms with van der Waals surface area (Å²) in [6.45, 7) is 3.11. The van der Waals surface area contributed by atoms with Gasteiger partial charge in [0.05, 0.1) is 16.8 Å². The van der Waals surface area contributed by atoms with Gasteiger partial charge in [-0.25, -0.2) is 14.6 Å². The van der Waals surface area contributed by atoms with Crippen molar-refractivity contribution >= 4 is 28.8 Å². The van der Waals surface area contributed by atoms with Crippen molar-refractivity contribution in [1.29, 1.82) is 0 Å². The number of nitrogens with zero attached hydrogens (tertiary/aromatic N) is 1. The first-order valence-electron chi connectivity index (χ1n) is 9.84. The van der Waals surface area contributed by atoms with Gasteiger partial charge in [0.25, 0.3) is 5.91 Å². The Hall–Kier alpha value is -3.94. The highest BCUT2D eigenvalue weighted by molar-refractivity contribution is 6.05. The number of para-hydroxylation sites is 1. The number of pyridine rings is 1. The molecule has 8 heteroatoms. The van der Waals surface area contributed by atoms with E-state index in [0.717, 1.165) is 6.42 Å². The first kappa shape index (κ1) is 21.8. The molecule has 1 heterocycles. The van der Waals surface area contributed by atoms with E-state index in [1.165, 1.54) is 12.1 Å². The van der Waals surface area contributed by atoms with E-state index in [9.17, 15) is 19.5 Å². The Morgan fingerprint density at radius 1 is 1.10 bits per heavy atom. The molecule has 0 unspecified atom stereocenters. The van der Waals surface area contributed by atoms with E-state index in [4.69, 9.17) is 4.74 Å². The lowest BCUT2D eigenvalue weighted by molar-refractivity contribution is -0.123. The Morgan fingerprint density at radius 2 is 1.81 bits per heavy atom. The maximum atomic E-state index is 12.7. The third-order valence-electron chi connectivity index (χ3n) is 4.68. The number of aromatic nitrogens is 1. The maximum absolute atomic E-state index is 12.7. The molecular weight excluding hydrogens is 398 g/mol. The zero-order chi connectivity index (χ0) is 22.4. The maximum Gasteiger partial charge on any atom is 0.339 e. The van der Waals surface area contributed by atoms with Crippen LogP contribution in [0.1, 0.15) is 30.6 Å². The fraction of sp³-hybridized carbons (Fsp3) is 0.217. The van der Waals surface area contributed by atoms with Crippen molar-refractivity contribution in [1.82, 2.24) is 15.6 Å². The number of aromatic hydroxyl groups is 1. The third kappa shape index (κ3) is 5.57. The first-order chi connectivity index (χ1) is 14.9. The number of hydrogen-bond acceptors (Lipinski definition) is 6. The molecule has 0 spiro atoms. The van der Waals surface area contributed by atoms with Crippen LogP contribution >= 0.6 is 0 Å². The minimum atomic E-state index is -0.730. The zero-order valence-corrected chi connectivity index (χ0v) is 17.2. The summed E-state index contributed by atoms with van der Waals surface area (Å²) in [5.41, 5.74) is 2.04. The van der Waals surface area contributed by atoms with E-state index >= 15 is 0 Å². The van der Waals surface area contributed by atoms with Gasteiger partial charge in [-0.05, 0) is 49.7 Å². The Balaban J connectivity index is 1.78. The predicted molar refractivity (Wildman–Crippen MR) is 116 cm³/mol. The second kappa shape index (κ2) is 9.71. The summed E-state index contributed by atoms with van der Waals surface area (Å²) in [5, 5.41) is 14.8. The van der Waals surface area contributed by atoms with Gasteiger partial charge in [-0.3, -0.25) is 10.1 Å². The van der Waals surface area contributed by atoms with Crippen LogP contribution in [0.5, 0.6) is 5.75 Å². The van der Waals surface area contributed by atoms with Gasteiger partial charge >= 0.3 is 12.0 Å². The van der Waals surface area contributed by atoms with Crippen LogP contribution in [0.25, 0.3) is 22.2 Å². The molecule has 2 aromatic carbocycles. The van der Waals surface area contributed by atoms with Crippen molar-refractivity contribution < 1.29 is 24.2 Å². The Kier molecular flexibility index (Phi) is 6.81. The molecule has 3 amide bonds. The minimum absolute atomic E-state index is 0.0862. The standard InChI is InChI=1S/C23H23N3O5/c1-3-14(2)24-23(30)26-21(28)13-31-22(29)18-12-20(15-8-10-16(27)11-9-15)25-19-7-5-4-6-17(18)19/h4-12,14,27H,3,13H2,1-2H3,(H2,24,26,28,30)/t14-/m1/s1. The molecule has 0 aliphatic rings. The zero-order valence-electron chi connectivity index (χ0n) is 17.2. The van der Waals surface area contributed by atoms with Crippen LogP contribution in [0.15, 0.2) is 54.6 Å². The first-order valence-corrected chi connectivity index (χ1v) is 9.84. The van der Waals surface area contributed by atoms with Crippen LogP contribution in [0, 0.1) is 0 Å². The van der Waals surface area contributed by atoms with Crippen LogP contribution in [0.2, 0.25) is 0 Å². The number of urea groups is 1. The lowest BCUT2D eigenvalue weighted by Crippen LogP contribution is -2.44. The fourth-order valence-corrected chi connectivity index (χ4v) is 2.86. The number of ether oxygens (including phenoxy) is 1. The van der Waals surface area contributed by atoms with Gasteiger partial charge in [-0.2, -0.15) is 0 Å². The third-order valence-corrected chi connectivity index (χ3v) is 4.68. The molecule has 3 N–H and O–H groups in total. The highest BCUT2D eigenvalue weighted by atomic mass is 16.5. The number of esters is 1. The van der Waals surface area contributed by atoms with Gasteiger partial charge in [0.15, 0.2) is 6.61 Å². The molecule has 0 radical (unpaired) electrons. The topological polar surface area (TPSA) is 118 Å². The van der Waals surface area contributed by atoms with Gasteiger partial charge in [-0.1, -0.05) is 25.1 Å². The molecule has 3 rings (SSSR count). The fourth-order valence-electron chi connectivity index (χ4n) is 2.86. The number of amides is 3. The van der Waals surface area contributed by atoms with Crippen LogP contribution in [-0.2, 0) is 9.53 Å². The number of carbonyl (C=O) groups excluding carboxylic acids is 3. The normalized spacial score (nSPS) is 11.5. The summed E-state index contributed by atoms with van der Waals surface area (Å²) in [4.78, 5) is 41.0. The summed E-state index contributed by atoms with van der Waals surface area (Å²) in [5.74, 6) is -1.32. The molecule has 0 fully saturated rings. The molecule has 1 atom stereocenters. The van der Waals surface area contributed by atoms with Crippen LogP contribution < -0.4 is 10.6 Å². The number of carbonyl (C=O) groups is 3. The highest BCUT2D eigenvalue weighted by Gasteiger charge is 2.17. The van der Waals surface area contributed by atoms with Crippen molar-refractivity contribution in [3.05, 3.63) is 60.2 Å². The van der Waals surface area contributed by atoms with Crippen molar-refractivity contribution in [3.8, 4) is 17.0 Å². The Bertz CT molecular complexity index is 1110. The number of phenols is 1. The molecule has 0 bridgehead atoms. The average Bonchev–Trinajstić information content (AvgIpc) is 2.77. The van der Waals surface area contributed by atoms with E-state index < -0.39 is 24.5 Å². The summed E-state index contributed by atoms with van der Waals surface area (Å²) >= 11 is 0. The van der Waals surface area contributed by atoms with Gasteiger partial charge in [0, 0.05) is 17.0 Å². The van der Waals surface area contributed by atoms with Crippen molar-refractivity contribution in [3.63, 3.8) is 0 Å². The molecule has 3 aromatic rings. The predicted octanol–water partition coefficient (Wildman–Crippen LogP) is 3.39. The molecule has 0 aliphatic carbocycles. The van der Waals surface area contributed by atoms with E-state index in [1.807, 2.05) is 13.8 Å². The number of fused-ring (bicyclic) bond motifs is 1. The largest absolute Gasteiger partial charge is 0.508 e. The highest BCUT2D eigenvalue weighted by Crippen LogP contribution is 2.26. The summed E-state index contributed by atoms with van der Waals surface area (Å²) < 4.78 is 5.14. The van der Waals surface area contributed by atoms with E-state index in [0.29, 0.717) is 22.2 Å². The number of phenolic OH excluding ortho intramolecular Hbond substituents is 1. The lowest BCUT2D eigenvalue weighted by atomic mass is 10.0. The van der Waals surface area contributed by atoms with Gasteiger partial charge in [-0.15, -0.1) is 0 Å². The molecule has 160 valence electrons. The van der Waals surface area contributed by atoms with Crippen LogP contribution in [0.4, 0.5) is 4.79 Å². The lowest BCUT2D eigenvalue weighted by Gasteiger charge is -2.12. The smallest absolute Gasteiger partial charge is 0.339 e. The van der Waals surface area contributed by atoms with Crippen molar-refractivity contribution in [2.24, 2.45) is 0 Å². The molecule has 0 saturated carbocycles. The number of hydrogen-bond donors (Lipinski definition) is 3. The second-order valence-corrected chi connectivity index (χ2v) is 7.03. The SMILES string of the molecule is CC[C@@H](C)NC(=O)NC(=O)COC(=O)c1cc(-c2ccc(O)cc2)nc2ccccc12. The molecule has 31 heavy (non-hydrogen) atoms. The second-order valence-electron chi connectivity index (χ2n) is 7.03. The Labute approximate surface area is 179 Å². The van der Waals surface area contributed by atoms with Crippen molar-refractivity contribution in [2.75, 3.05) is 6.61 Å². The minimum Gasteiger partial charge on any atom is -0.508 e. The van der Waals surface area contributed by atoms with Crippen LogP contribution in [-0.4, -0.2) is 40.6 Å². The quantitative estimate of drug-likeness (QED) is 0.525. The van der Waals surface area contributed by atoms with E-state index in [2.05, 4.69) is 15.6 Å². The molecule has 1 aromatic heterocycles.